The number of allylic oxidation sites excluding steroid dienone is 2. The molecule has 0 atom stereocenters. The highest BCUT2D eigenvalue weighted by Gasteiger charge is 1.93. The second-order valence-electron chi connectivity index (χ2n) is 1.51. The molecule has 0 rings (SSSR count). The zero-order chi connectivity index (χ0) is 6.57. The minimum absolute atomic E-state index is 0.745. The van der Waals surface area contributed by atoms with Gasteiger partial charge >= 0.3 is 0 Å². The van der Waals surface area contributed by atoms with Crippen LogP contribution in [0, 0.1) is 0 Å². The quantitative estimate of drug-likeness (QED) is 0.528. The summed E-state index contributed by atoms with van der Waals surface area (Å²) in [5.74, 6) is 0.867. The summed E-state index contributed by atoms with van der Waals surface area (Å²) >= 11 is 5.60. The molecule has 0 fully saturated rings. The topological polar surface area (TPSA) is 9.23 Å². The van der Waals surface area contributed by atoms with Crippen LogP contribution in [-0.4, -0.2) is 7.11 Å². The van der Waals surface area contributed by atoms with Crippen LogP contribution in [0.2, 0.25) is 0 Å². The largest absolute Gasteiger partial charge is 0.500 e. The standard InChI is InChI=1S/C6H11ClO/c1-4-6(8-3)5(2)7/h4H2,1-3H3/b6-5-. The highest BCUT2D eigenvalue weighted by atomic mass is 35.5. The SMILES string of the molecule is CC/C(OC)=C(\C)Cl. The van der Waals surface area contributed by atoms with E-state index in [1.807, 2.05) is 13.8 Å². The Kier molecular flexibility index (Phi) is 3.71. The van der Waals surface area contributed by atoms with Crippen LogP contribution in [0.15, 0.2) is 10.8 Å². The Balaban J connectivity index is 3.86. The summed E-state index contributed by atoms with van der Waals surface area (Å²) in [6, 6.07) is 0. The van der Waals surface area contributed by atoms with Gasteiger partial charge in [-0.3, -0.25) is 0 Å². The van der Waals surface area contributed by atoms with Crippen molar-refractivity contribution in [2.24, 2.45) is 0 Å². The number of ether oxygens (including phenoxy) is 1. The van der Waals surface area contributed by atoms with Gasteiger partial charge in [0.15, 0.2) is 0 Å². The van der Waals surface area contributed by atoms with Gasteiger partial charge in [0.05, 0.1) is 12.1 Å². The number of hydrogen-bond donors (Lipinski definition) is 0. The molecule has 0 heterocycles. The Labute approximate surface area is 55.3 Å². The lowest BCUT2D eigenvalue weighted by Gasteiger charge is -2.01. The van der Waals surface area contributed by atoms with Crippen LogP contribution in [-0.2, 0) is 4.74 Å². The van der Waals surface area contributed by atoms with Gasteiger partial charge in [0.25, 0.3) is 0 Å². The first-order valence-corrected chi connectivity index (χ1v) is 2.99. The summed E-state index contributed by atoms with van der Waals surface area (Å²) in [5.41, 5.74) is 0. The number of rotatable bonds is 2. The van der Waals surface area contributed by atoms with Crippen LogP contribution in [0.1, 0.15) is 20.3 Å². The summed E-state index contributed by atoms with van der Waals surface area (Å²) in [6.45, 7) is 3.83. The van der Waals surface area contributed by atoms with Crippen LogP contribution in [0.4, 0.5) is 0 Å². The highest BCUT2D eigenvalue weighted by molar-refractivity contribution is 6.29. The van der Waals surface area contributed by atoms with Crippen LogP contribution in [0.25, 0.3) is 0 Å². The molecule has 0 aromatic carbocycles. The van der Waals surface area contributed by atoms with Crippen molar-refractivity contribution in [2.45, 2.75) is 20.3 Å². The molecule has 0 saturated heterocycles. The van der Waals surface area contributed by atoms with Gasteiger partial charge in [-0.1, -0.05) is 18.5 Å². The molecule has 0 bridgehead atoms. The van der Waals surface area contributed by atoms with E-state index >= 15 is 0 Å². The van der Waals surface area contributed by atoms with E-state index in [-0.39, 0.29) is 0 Å². The average molecular weight is 135 g/mol. The maximum atomic E-state index is 5.60. The second-order valence-corrected chi connectivity index (χ2v) is 2.08. The van der Waals surface area contributed by atoms with E-state index in [4.69, 9.17) is 16.3 Å². The predicted octanol–water partition coefficient (Wildman–Crippen LogP) is 2.51. The van der Waals surface area contributed by atoms with Crippen molar-refractivity contribution in [1.82, 2.24) is 0 Å². The Bertz CT molecular complexity index is 86.7. The summed E-state index contributed by atoms with van der Waals surface area (Å²) in [4.78, 5) is 0. The summed E-state index contributed by atoms with van der Waals surface area (Å²) in [5, 5.41) is 0.745. The van der Waals surface area contributed by atoms with Gasteiger partial charge in [0.2, 0.25) is 0 Å². The number of methoxy groups -OCH3 is 1. The van der Waals surface area contributed by atoms with E-state index in [9.17, 15) is 0 Å². The lowest BCUT2D eigenvalue weighted by atomic mass is 10.4. The summed E-state index contributed by atoms with van der Waals surface area (Å²) in [6.07, 6.45) is 0.867. The normalized spacial score (nSPS) is 13.0. The molecule has 0 unspecified atom stereocenters. The molecule has 0 aliphatic rings. The van der Waals surface area contributed by atoms with Crippen molar-refractivity contribution in [1.29, 1.82) is 0 Å². The second kappa shape index (κ2) is 3.79. The molecule has 0 aromatic heterocycles. The Morgan fingerprint density at radius 3 is 2.12 bits per heavy atom. The Morgan fingerprint density at radius 1 is 1.62 bits per heavy atom. The van der Waals surface area contributed by atoms with E-state index in [2.05, 4.69) is 0 Å². The van der Waals surface area contributed by atoms with Crippen LogP contribution >= 0.6 is 11.6 Å². The molecule has 0 saturated carbocycles. The van der Waals surface area contributed by atoms with Crippen molar-refractivity contribution >= 4 is 11.6 Å². The van der Waals surface area contributed by atoms with E-state index in [1.54, 1.807) is 7.11 Å². The fraction of sp³-hybridized carbons (Fsp3) is 0.667. The molecule has 0 aliphatic heterocycles. The summed E-state index contributed by atoms with van der Waals surface area (Å²) in [7, 11) is 1.63. The van der Waals surface area contributed by atoms with Crippen LogP contribution < -0.4 is 0 Å². The number of halogens is 1. The van der Waals surface area contributed by atoms with E-state index < -0.39 is 0 Å². The zero-order valence-corrected chi connectivity index (χ0v) is 6.25. The van der Waals surface area contributed by atoms with E-state index in [1.165, 1.54) is 0 Å². The molecule has 0 radical (unpaired) electrons. The van der Waals surface area contributed by atoms with Crippen molar-refractivity contribution in [3.63, 3.8) is 0 Å². The first-order valence-electron chi connectivity index (χ1n) is 2.61. The molecule has 0 amide bonds. The third-order valence-corrected chi connectivity index (χ3v) is 1.16. The molecule has 0 N–H and O–H groups in total. The lowest BCUT2D eigenvalue weighted by molar-refractivity contribution is 0.278. The zero-order valence-electron chi connectivity index (χ0n) is 5.49. The molecular weight excluding hydrogens is 124 g/mol. The summed E-state index contributed by atoms with van der Waals surface area (Å²) < 4.78 is 4.91. The molecule has 0 aliphatic carbocycles. The molecular formula is C6H11ClO. The fourth-order valence-corrected chi connectivity index (χ4v) is 0.739. The molecule has 48 valence electrons. The maximum absolute atomic E-state index is 5.60. The van der Waals surface area contributed by atoms with Gasteiger partial charge in [-0.05, 0) is 6.92 Å². The minimum atomic E-state index is 0.745. The predicted molar refractivity (Wildman–Crippen MR) is 35.9 cm³/mol. The monoisotopic (exact) mass is 134 g/mol. The molecule has 1 nitrogen and oxygen atoms in total. The first-order chi connectivity index (χ1) is 3.72. The highest BCUT2D eigenvalue weighted by Crippen LogP contribution is 2.11. The van der Waals surface area contributed by atoms with Gasteiger partial charge in [0.1, 0.15) is 5.76 Å². The van der Waals surface area contributed by atoms with Crippen molar-refractivity contribution < 1.29 is 4.74 Å². The maximum Gasteiger partial charge on any atom is 0.109 e. The van der Waals surface area contributed by atoms with Crippen LogP contribution in [0.3, 0.4) is 0 Å². The molecule has 2 heteroatoms. The van der Waals surface area contributed by atoms with E-state index in [0.29, 0.717) is 0 Å². The molecule has 0 spiro atoms. The number of hydrogen-bond acceptors (Lipinski definition) is 1. The van der Waals surface area contributed by atoms with Gasteiger partial charge < -0.3 is 4.74 Å². The van der Waals surface area contributed by atoms with Gasteiger partial charge in [0, 0.05) is 6.42 Å². The van der Waals surface area contributed by atoms with Crippen molar-refractivity contribution in [3.8, 4) is 0 Å². The lowest BCUT2D eigenvalue weighted by Crippen LogP contribution is -1.84. The Morgan fingerprint density at radius 2 is 2.12 bits per heavy atom. The third kappa shape index (κ3) is 2.22. The van der Waals surface area contributed by atoms with Gasteiger partial charge in [-0.2, -0.15) is 0 Å². The Hall–Kier alpha value is -0.170. The molecule has 0 aromatic rings. The van der Waals surface area contributed by atoms with E-state index in [0.717, 1.165) is 17.2 Å². The van der Waals surface area contributed by atoms with Crippen molar-refractivity contribution in [2.75, 3.05) is 7.11 Å². The minimum Gasteiger partial charge on any atom is -0.500 e. The third-order valence-electron chi connectivity index (χ3n) is 0.952. The van der Waals surface area contributed by atoms with Crippen LogP contribution in [0.5, 0.6) is 0 Å². The fourth-order valence-electron chi connectivity index (χ4n) is 0.529. The van der Waals surface area contributed by atoms with Gasteiger partial charge in [-0.25, -0.2) is 0 Å². The first kappa shape index (κ1) is 7.83. The average Bonchev–Trinajstić information content (AvgIpc) is 1.69. The smallest absolute Gasteiger partial charge is 0.109 e. The molecule has 8 heavy (non-hydrogen) atoms. The van der Waals surface area contributed by atoms with Crippen molar-refractivity contribution in [3.05, 3.63) is 10.8 Å². The van der Waals surface area contributed by atoms with Gasteiger partial charge in [-0.15, -0.1) is 0 Å².